The summed E-state index contributed by atoms with van der Waals surface area (Å²) in [5.74, 6) is 1.13. The molecule has 1 atom stereocenters. The van der Waals surface area contributed by atoms with Crippen LogP contribution in [0.1, 0.15) is 18.4 Å². The molecule has 0 spiro atoms. The molecule has 4 rings (SSSR count). The van der Waals surface area contributed by atoms with E-state index < -0.39 is 0 Å². The van der Waals surface area contributed by atoms with E-state index in [2.05, 4.69) is 9.97 Å². The van der Waals surface area contributed by atoms with E-state index in [4.69, 9.17) is 16.3 Å². The van der Waals surface area contributed by atoms with Crippen LogP contribution in [-0.4, -0.2) is 45.9 Å². The first-order chi connectivity index (χ1) is 13.6. The number of fused-ring (bicyclic) bond motifs is 1. The maximum absolute atomic E-state index is 12.6. The summed E-state index contributed by atoms with van der Waals surface area (Å²) in [5.41, 5.74) is 1.28. The van der Waals surface area contributed by atoms with Crippen LogP contribution in [0.5, 0.6) is 5.75 Å². The predicted octanol–water partition coefficient (Wildman–Crippen LogP) is 2.46. The van der Waals surface area contributed by atoms with Gasteiger partial charge in [-0.15, -0.1) is 0 Å². The molecule has 0 bridgehead atoms. The van der Waals surface area contributed by atoms with E-state index in [0.717, 1.165) is 30.3 Å². The first-order valence-corrected chi connectivity index (χ1v) is 9.55. The third-order valence-corrected chi connectivity index (χ3v) is 5.41. The molecule has 0 saturated carbocycles. The average molecular weight is 401 g/mol. The van der Waals surface area contributed by atoms with Crippen molar-refractivity contribution in [3.05, 3.63) is 57.5 Å². The molecule has 146 valence electrons. The van der Waals surface area contributed by atoms with Gasteiger partial charge in [0, 0.05) is 24.2 Å². The van der Waals surface area contributed by atoms with E-state index in [9.17, 15) is 9.90 Å². The van der Waals surface area contributed by atoms with Crippen LogP contribution in [-0.2, 0) is 6.54 Å². The number of pyridine rings is 1. The van der Waals surface area contributed by atoms with Crippen LogP contribution < -0.4 is 15.2 Å². The Balaban J connectivity index is 1.76. The van der Waals surface area contributed by atoms with Gasteiger partial charge in [0.05, 0.1) is 31.3 Å². The van der Waals surface area contributed by atoms with Crippen LogP contribution >= 0.6 is 11.6 Å². The normalized spacial score (nSPS) is 16.7. The molecule has 0 amide bonds. The molecule has 8 heteroatoms. The monoisotopic (exact) mass is 400 g/mol. The lowest BCUT2D eigenvalue weighted by molar-refractivity contribution is 0.265. The van der Waals surface area contributed by atoms with Crippen molar-refractivity contribution in [3.8, 4) is 5.75 Å². The molecule has 1 saturated heterocycles. The smallest absolute Gasteiger partial charge is 0.252 e. The summed E-state index contributed by atoms with van der Waals surface area (Å²) in [7, 11) is 1.56. The molecule has 1 N–H and O–H groups in total. The number of benzene rings is 1. The van der Waals surface area contributed by atoms with Gasteiger partial charge in [-0.25, -0.2) is 4.98 Å². The third kappa shape index (κ3) is 3.43. The number of aliphatic hydroxyl groups excluding tert-OH is 1. The number of methoxy groups -OCH3 is 1. The molecule has 0 aliphatic carbocycles. The number of hydrogen-bond donors (Lipinski definition) is 1. The van der Waals surface area contributed by atoms with Crippen molar-refractivity contribution in [1.29, 1.82) is 0 Å². The number of anilines is 1. The Labute approximate surface area is 167 Å². The highest BCUT2D eigenvalue weighted by atomic mass is 35.5. The molecule has 0 unspecified atom stereocenters. The number of nitrogens with zero attached hydrogens (tertiary/aromatic N) is 4. The van der Waals surface area contributed by atoms with Gasteiger partial charge < -0.3 is 14.7 Å². The predicted molar refractivity (Wildman–Crippen MR) is 108 cm³/mol. The number of ether oxygens (including phenoxy) is 1. The fraction of sp³-hybridized carbons (Fsp3) is 0.350. The Kier molecular flexibility index (Phi) is 5.19. The lowest BCUT2D eigenvalue weighted by Gasteiger charge is -2.23. The highest BCUT2D eigenvalue weighted by Crippen LogP contribution is 2.26. The Bertz CT molecular complexity index is 1070. The van der Waals surface area contributed by atoms with Crippen molar-refractivity contribution in [2.75, 3.05) is 25.2 Å². The first kappa shape index (κ1) is 18.7. The largest absolute Gasteiger partial charge is 0.495 e. The number of rotatable bonds is 5. The second-order valence-corrected chi connectivity index (χ2v) is 7.25. The maximum Gasteiger partial charge on any atom is 0.252 e. The van der Waals surface area contributed by atoms with E-state index in [1.54, 1.807) is 36.1 Å². The Morgan fingerprint density at radius 2 is 2.18 bits per heavy atom. The van der Waals surface area contributed by atoms with Crippen LogP contribution in [0.15, 0.2) is 41.3 Å². The summed E-state index contributed by atoms with van der Waals surface area (Å²) in [6.45, 7) is 1.19. The Morgan fingerprint density at radius 3 is 2.93 bits per heavy atom. The van der Waals surface area contributed by atoms with Crippen molar-refractivity contribution in [3.63, 3.8) is 0 Å². The fourth-order valence-electron chi connectivity index (χ4n) is 3.63. The van der Waals surface area contributed by atoms with Crippen LogP contribution in [0.25, 0.3) is 11.0 Å². The SMILES string of the molecule is COc1ccc(Cn2c(=O)ccc3cnc(N4CCC[C@H]4CO)nc32)cc1Cl. The second-order valence-electron chi connectivity index (χ2n) is 6.85. The van der Waals surface area contributed by atoms with Crippen LogP contribution in [0.2, 0.25) is 5.02 Å². The lowest BCUT2D eigenvalue weighted by Crippen LogP contribution is -2.33. The van der Waals surface area contributed by atoms with Gasteiger partial charge in [0.1, 0.15) is 11.4 Å². The van der Waals surface area contributed by atoms with E-state index in [1.165, 1.54) is 6.07 Å². The minimum atomic E-state index is -0.149. The zero-order chi connectivity index (χ0) is 19.7. The van der Waals surface area contributed by atoms with E-state index in [0.29, 0.717) is 28.9 Å². The molecule has 1 aliphatic rings. The summed E-state index contributed by atoms with van der Waals surface area (Å²) >= 11 is 6.23. The standard InChI is InChI=1S/C20H21ClN4O3/c1-28-17-6-4-13(9-16(17)21)11-25-18(27)7-5-14-10-22-20(23-19(14)25)24-8-2-3-15(24)12-26/h4-7,9-10,15,26H,2-3,8,11-12H2,1H3/t15-/m0/s1. The number of aromatic nitrogens is 3. The summed E-state index contributed by atoms with van der Waals surface area (Å²) in [6, 6.07) is 8.71. The van der Waals surface area contributed by atoms with Crippen molar-refractivity contribution in [2.45, 2.75) is 25.4 Å². The molecule has 1 fully saturated rings. The highest BCUT2D eigenvalue weighted by molar-refractivity contribution is 6.32. The molecule has 0 radical (unpaired) electrons. The van der Waals surface area contributed by atoms with Gasteiger partial charge in [-0.1, -0.05) is 17.7 Å². The van der Waals surface area contributed by atoms with Crippen LogP contribution in [0.3, 0.4) is 0 Å². The summed E-state index contributed by atoms with van der Waals surface area (Å²) < 4.78 is 6.80. The molecular formula is C20H21ClN4O3. The quantitative estimate of drug-likeness (QED) is 0.708. The topological polar surface area (TPSA) is 80.5 Å². The lowest BCUT2D eigenvalue weighted by atomic mass is 10.2. The summed E-state index contributed by atoms with van der Waals surface area (Å²) in [6.07, 6.45) is 3.61. The third-order valence-electron chi connectivity index (χ3n) is 5.11. The van der Waals surface area contributed by atoms with Gasteiger partial charge in [-0.05, 0) is 36.6 Å². The minimum Gasteiger partial charge on any atom is -0.495 e. The molecule has 1 aliphatic heterocycles. The zero-order valence-corrected chi connectivity index (χ0v) is 16.3. The zero-order valence-electron chi connectivity index (χ0n) is 15.5. The first-order valence-electron chi connectivity index (χ1n) is 9.17. The minimum absolute atomic E-state index is 0.0155. The molecule has 2 aromatic heterocycles. The van der Waals surface area contributed by atoms with E-state index >= 15 is 0 Å². The van der Waals surface area contributed by atoms with Crippen molar-refractivity contribution < 1.29 is 9.84 Å². The molecule has 1 aromatic carbocycles. The van der Waals surface area contributed by atoms with Crippen molar-refractivity contribution in [2.24, 2.45) is 0 Å². The average Bonchev–Trinajstić information content (AvgIpc) is 3.19. The van der Waals surface area contributed by atoms with Crippen molar-refractivity contribution >= 4 is 28.6 Å². The van der Waals surface area contributed by atoms with Gasteiger partial charge in [-0.2, -0.15) is 4.98 Å². The van der Waals surface area contributed by atoms with Gasteiger partial charge in [0.25, 0.3) is 5.56 Å². The highest BCUT2D eigenvalue weighted by Gasteiger charge is 2.26. The second kappa shape index (κ2) is 7.77. The van der Waals surface area contributed by atoms with Crippen LogP contribution in [0.4, 0.5) is 5.95 Å². The van der Waals surface area contributed by atoms with Gasteiger partial charge in [0.15, 0.2) is 0 Å². The summed E-state index contributed by atoms with van der Waals surface area (Å²) in [5, 5.41) is 10.9. The molecule has 7 nitrogen and oxygen atoms in total. The molecule has 3 heterocycles. The Hall–Kier alpha value is -2.64. The van der Waals surface area contributed by atoms with Gasteiger partial charge in [-0.3, -0.25) is 9.36 Å². The summed E-state index contributed by atoms with van der Waals surface area (Å²) in [4.78, 5) is 23.7. The molecule has 3 aromatic rings. The van der Waals surface area contributed by atoms with E-state index in [1.807, 2.05) is 11.0 Å². The van der Waals surface area contributed by atoms with Crippen LogP contribution in [0, 0.1) is 0 Å². The fourth-order valence-corrected chi connectivity index (χ4v) is 3.91. The maximum atomic E-state index is 12.6. The number of hydrogen-bond acceptors (Lipinski definition) is 6. The Morgan fingerprint density at radius 1 is 1.32 bits per heavy atom. The van der Waals surface area contributed by atoms with Gasteiger partial charge in [0.2, 0.25) is 5.95 Å². The van der Waals surface area contributed by atoms with Crippen molar-refractivity contribution in [1.82, 2.24) is 14.5 Å². The molecular weight excluding hydrogens is 380 g/mol. The molecule has 28 heavy (non-hydrogen) atoms. The number of aliphatic hydroxyl groups is 1. The van der Waals surface area contributed by atoms with Gasteiger partial charge >= 0.3 is 0 Å². The number of halogens is 1. The van der Waals surface area contributed by atoms with E-state index in [-0.39, 0.29) is 18.2 Å².